The molecule has 0 saturated heterocycles. The van der Waals surface area contributed by atoms with Crippen molar-refractivity contribution < 1.29 is 13.2 Å². The zero-order valence-electron chi connectivity index (χ0n) is 8.33. The highest BCUT2D eigenvalue weighted by Gasteiger charge is 2.51. The van der Waals surface area contributed by atoms with Gasteiger partial charge in [-0.1, -0.05) is 0 Å². The van der Waals surface area contributed by atoms with Crippen molar-refractivity contribution in [1.82, 2.24) is 9.97 Å². The van der Waals surface area contributed by atoms with Crippen LogP contribution >= 0.6 is 0 Å². The molecule has 0 amide bonds. The SMILES string of the molecule is Nc1cc(N)nc(C(C2CC2)C(F)(F)F)n1. The predicted octanol–water partition coefficient (Wildman–Crippen LogP) is 1.70. The summed E-state index contributed by atoms with van der Waals surface area (Å²) in [4.78, 5) is 7.26. The molecule has 1 atom stereocenters. The molecule has 4 N–H and O–H groups in total. The Hall–Kier alpha value is -1.53. The number of hydrogen-bond donors (Lipinski definition) is 2. The zero-order chi connectivity index (χ0) is 11.9. The number of hydrogen-bond acceptors (Lipinski definition) is 4. The average Bonchev–Trinajstić information content (AvgIpc) is 2.83. The van der Waals surface area contributed by atoms with Gasteiger partial charge < -0.3 is 11.5 Å². The topological polar surface area (TPSA) is 77.8 Å². The minimum Gasteiger partial charge on any atom is -0.384 e. The van der Waals surface area contributed by atoms with E-state index in [1.54, 1.807) is 0 Å². The summed E-state index contributed by atoms with van der Waals surface area (Å²) >= 11 is 0. The lowest BCUT2D eigenvalue weighted by atomic mass is 10.0. The standard InChI is InChI=1S/C9H11F3N4/c10-9(11,12)7(4-1-2-4)8-15-5(13)3-6(14)16-8/h3-4,7H,1-2H2,(H4,13,14,15,16). The first-order valence-electron chi connectivity index (χ1n) is 4.84. The molecule has 0 spiro atoms. The minimum absolute atomic E-state index is 0.0302. The zero-order valence-corrected chi connectivity index (χ0v) is 8.33. The van der Waals surface area contributed by atoms with E-state index in [1.807, 2.05) is 0 Å². The van der Waals surface area contributed by atoms with Crippen LogP contribution in [-0.2, 0) is 0 Å². The van der Waals surface area contributed by atoms with Gasteiger partial charge in [0.25, 0.3) is 0 Å². The van der Waals surface area contributed by atoms with Crippen LogP contribution < -0.4 is 11.5 Å². The van der Waals surface area contributed by atoms with Crippen molar-refractivity contribution in [1.29, 1.82) is 0 Å². The molecule has 0 bridgehead atoms. The molecular formula is C9H11F3N4. The molecule has 2 rings (SSSR count). The summed E-state index contributed by atoms with van der Waals surface area (Å²) in [5, 5.41) is 0. The highest BCUT2D eigenvalue weighted by Crippen LogP contribution is 2.50. The molecule has 4 nitrogen and oxygen atoms in total. The van der Waals surface area contributed by atoms with Crippen LogP contribution in [0.25, 0.3) is 0 Å². The largest absolute Gasteiger partial charge is 0.399 e. The lowest BCUT2D eigenvalue weighted by Gasteiger charge is -2.18. The van der Waals surface area contributed by atoms with Gasteiger partial charge in [0.1, 0.15) is 23.4 Å². The van der Waals surface area contributed by atoms with Crippen LogP contribution in [-0.4, -0.2) is 16.1 Å². The summed E-state index contributed by atoms with van der Waals surface area (Å²) in [5.74, 6) is -2.44. The molecule has 1 heterocycles. The van der Waals surface area contributed by atoms with E-state index < -0.39 is 18.0 Å². The molecular weight excluding hydrogens is 221 g/mol. The Labute approximate surface area is 89.9 Å². The smallest absolute Gasteiger partial charge is 0.384 e. The van der Waals surface area contributed by atoms with E-state index in [9.17, 15) is 13.2 Å². The summed E-state index contributed by atoms with van der Waals surface area (Å²) in [6.07, 6.45) is -3.26. The van der Waals surface area contributed by atoms with Gasteiger partial charge in [-0.15, -0.1) is 0 Å². The van der Waals surface area contributed by atoms with Gasteiger partial charge >= 0.3 is 6.18 Å². The Balaban J connectivity index is 2.38. The summed E-state index contributed by atoms with van der Waals surface area (Å²) in [7, 11) is 0. The molecule has 1 aliphatic carbocycles. The second kappa shape index (κ2) is 3.50. The second-order valence-electron chi connectivity index (χ2n) is 3.93. The van der Waals surface area contributed by atoms with Gasteiger partial charge in [-0.25, -0.2) is 9.97 Å². The molecule has 7 heteroatoms. The van der Waals surface area contributed by atoms with Gasteiger partial charge in [0.05, 0.1) is 0 Å². The fourth-order valence-electron chi connectivity index (χ4n) is 1.70. The Morgan fingerprint density at radius 3 is 2.06 bits per heavy atom. The molecule has 1 aromatic rings. The van der Waals surface area contributed by atoms with Crippen LogP contribution in [0.15, 0.2) is 6.07 Å². The summed E-state index contributed by atoms with van der Waals surface area (Å²) in [5.41, 5.74) is 10.7. The number of nitrogens with zero attached hydrogens (tertiary/aromatic N) is 2. The Morgan fingerprint density at radius 1 is 1.19 bits per heavy atom. The lowest BCUT2D eigenvalue weighted by Crippen LogP contribution is -2.25. The highest BCUT2D eigenvalue weighted by atomic mass is 19.4. The normalized spacial score (nSPS) is 18.4. The number of alkyl halides is 3. The quantitative estimate of drug-likeness (QED) is 0.813. The molecule has 88 valence electrons. The molecule has 1 unspecified atom stereocenters. The first kappa shape index (κ1) is 11.0. The first-order valence-corrected chi connectivity index (χ1v) is 4.84. The monoisotopic (exact) mass is 232 g/mol. The van der Waals surface area contributed by atoms with E-state index in [0.717, 1.165) is 0 Å². The highest BCUT2D eigenvalue weighted by molar-refractivity contribution is 5.41. The Bertz CT molecular complexity index is 380. The Morgan fingerprint density at radius 2 is 1.69 bits per heavy atom. The van der Waals surface area contributed by atoms with Crippen molar-refractivity contribution in [3.63, 3.8) is 0 Å². The van der Waals surface area contributed by atoms with Gasteiger partial charge in [-0.2, -0.15) is 13.2 Å². The van der Waals surface area contributed by atoms with Crippen LogP contribution in [0.5, 0.6) is 0 Å². The van der Waals surface area contributed by atoms with E-state index in [4.69, 9.17) is 11.5 Å². The molecule has 1 aromatic heterocycles. The van der Waals surface area contributed by atoms with Gasteiger partial charge in [0.2, 0.25) is 0 Å². The lowest BCUT2D eigenvalue weighted by molar-refractivity contribution is -0.156. The molecule has 0 aliphatic heterocycles. The molecule has 1 saturated carbocycles. The van der Waals surface area contributed by atoms with Crippen LogP contribution in [0.1, 0.15) is 24.6 Å². The third kappa shape index (κ3) is 2.17. The fourth-order valence-corrected chi connectivity index (χ4v) is 1.70. The van der Waals surface area contributed by atoms with E-state index in [0.29, 0.717) is 12.8 Å². The third-order valence-corrected chi connectivity index (χ3v) is 2.51. The van der Waals surface area contributed by atoms with E-state index >= 15 is 0 Å². The van der Waals surface area contributed by atoms with Crippen molar-refractivity contribution in [3.05, 3.63) is 11.9 Å². The first-order chi connectivity index (χ1) is 7.38. The summed E-state index contributed by atoms with van der Waals surface area (Å²) in [6.45, 7) is 0. The minimum atomic E-state index is -4.35. The number of nitrogen functional groups attached to an aromatic ring is 2. The van der Waals surface area contributed by atoms with Gasteiger partial charge in [0.15, 0.2) is 0 Å². The van der Waals surface area contributed by atoms with Crippen molar-refractivity contribution >= 4 is 11.6 Å². The van der Waals surface area contributed by atoms with Gasteiger partial charge in [-0.05, 0) is 18.8 Å². The van der Waals surface area contributed by atoms with E-state index in [-0.39, 0.29) is 17.5 Å². The van der Waals surface area contributed by atoms with Crippen LogP contribution in [0, 0.1) is 5.92 Å². The van der Waals surface area contributed by atoms with Crippen molar-refractivity contribution in [2.24, 2.45) is 5.92 Å². The maximum Gasteiger partial charge on any atom is 0.399 e. The van der Waals surface area contributed by atoms with Crippen molar-refractivity contribution in [3.8, 4) is 0 Å². The number of rotatable bonds is 2. The summed E-state index contributed by atoms with van der Waals surface area (Å²) < 4.78 is 38.4. The molecule has 16 heavy (non-hydrogen) atoms. The fraction of sp³-hybridized carbons (Fsp3) is 0.556. The number of anilines is 2. The third-order valence-electron chi connectivity index (χ3n) is 2.51. The molecule has 1 aliphatic rings. The Kier molecular flexibility index (Phi) is 2.40. The molecule has 0 radical (unpaired) electrons. The second-order valence-corrected chi connectivity index (χ2v) is 3.93. The predicted molar refractivity (Wildman–Crippen MR) is 52.4 cm³/mol. The number of aromatic nitrogens is 2. The maximum absolute atomic E-state index is 12.8. The van der Waals surface area contributed by atoms with E-state index in [1.165, 1.54) is 6.07 Å². The maximum atomic E-state index is 12.8. The average molecular weight is 232 g/mol. The number of nitrogens with two attached hydrogens (primary N) is 2. The van der Waals surface area contributed by atoms with Crippen LogP contribution in [0.2, 0.25) is 0 Å². The van der Waals surface area contributed by atoms with E-state index in [2.05, 4.69) is 9.97 Å². The van der Waals surface area contributed by atoms with Gasteiger partial charge in [0, 0.05) is 6.07 Å². The summed E-state index contributed by atoms with van der Waals surface area (Å²) in [6, 6.07) is 1.24. The van der Waals surface area contributed by atoms with Crippen LogP contribution in [0.3, 0.4) is 0 Å². The molecule has 1 fully saturated rings. The molecule has 0 aromatic carbocycles. The number of halogens is 3. The van der Waals surface area contributed by atoms with Crippen LogP contribution in [0.4, 0.5) is 24.8 Å². The van der Waals surface area contributed by atoms with Crippen molar-refractivity contribution in [2.75, 3.05) is 11.5 Å². The van der Waals surface area contributed by atoms with Gasteiger partial charge in [-0.3, -0.25) is 0 Å². The van der Waals surface area contributed by atoms with Crippen molar-refractivity contribution in [2.45, 2.75) is 24.9 Å².